The Morgan fingerprint density at radius 1 is 1.67 bits per heavy atom. The van der Waals surface area contributed by atoms with E-state index in [0.29, 0.717) is 19.7 Å². The molecule has 1 aliphatic heterocycles. The lowest BCUT2D eigenvalue weighted by Crippen LogP contribution is -2.48. The van der Waals surface area contributed by atoms with E-state index in [1.807, 2.05) is 0 Å². The van der Waals surface area contributed by atoms with Gasteiger partial charge >= 0.3 is 6.03 Å². The number of carbonyl (C=O) groups excluding carboxylic acids is 1. The molecule has 1 unspecified atom stereocenters. The smallest absolute Gasteiger partial charge is 0.329 e. The van der Waals surface area contributed by atoms with Crippen molar-refractivity contribution in [2.24, 2.45) is 0 Å². The van der Waals surface area contributed by atoms with Crippen molar-refractivity contribution in [2.45, 2.75) is 6.10 Å². The quantitative estimate of drug-likeness (QED) is 0.682. The Morgan fingerprint density at radius 2 is 2.53 bits per heavy atom. The first-order valence-electron chi connectivity index (χ1n) is 4.81. The van der Waals surface area contributed by atoms with Crippen LogP contribution in [0.25, 0.3) is 0 Å². The molecule has 1 aromatic rings. The Kier molecular flexibility index (Phi) is 2.98. The van der Waals surface area contributed by atoms with Crippen LogP contribution in [0, 0.1) is 0 Å². The zero-order valence-corrected chi connectivity index (χ0v) is 8.24. The van der Waals surface area contributed by atoms with Gasteiger partial charge in [0, 0.05) is 18.9 Å². The second-order valence-electron chi connectivity index (χ2n) is 3.37. The lowest BCUT2D eigenvalue weighted by atomic mass is 10.3. The summed E-state index contributed by atoms with van der Waals surface area (Å²) in [6.07, 6.45) is 4.35. The van der Waals surface area contributed by atoms with Crippen molar-refractivity contribution >= 4 is 6.03 Å². The monoisotopic (exact) mass is 211 g/mol. The van der Waals surface area contributed by atoms with Crippen LogP contribution in [0.1, 0.15) is 0 Å². The summed E-state index contributed by atoms with van der Waals surface area (Å²) in [5.41, 5.74) is 0. The Labute approximate surface area is 87.1 Å². The number of hydrogen-bond donors (Lipinski definition) is 1. The number of aromatic nitrogens is 2. The fourth-order valence-electron chi connectivity index (χ4n) is 1.54. The van der Waals surface area contributed by atoms with Gasteiger partial charge in [-0.15, -0.1) is 0 Å². The highest BCUT2D eigenvalue weighted by Crippen LogP contribution is 2.06. The van der Waals surface area contributed by atoms with E-state index in [-0.39, 0.29) is 18.7 Å². The molecule has 1 aliphatic rings. The summed E-state index contributed by atoms with van der Waals surface area (Å²) in [5, 5.41) is 8.94. The molecule has 0 aliphatic carbocycles. The number of ether oxygens (including phenoxy) is 1. The van der Waals surface area contributed by atoms with Gasteiger partial charge in [0.2, 0.25) is 0 Å². The maximum atomic E-state index is 11.8. The van der Waals surface area contributed by atoms with Crippen LogP contribution in [0.4, 0.5) is 4.79 Å². The van der Waals surface area contributed by atoms with E-state index < -0.39 is 0 Å². The van der Waals surface area contributed by atoms with Crippen LogP contribution in [0.5, 0.6) is 0 Å². The van der Waals surface area contributed by atoms with Crippen LogP contribution in [0.3, 0.4) is 0 Å². The highest BCUT2D eigenvalue weighted by molar-refractivity contribution is 5.76. The maximum Gasteiger partial charge on any atom is 0.329 e. The number of aliphatic hydroxyl groups is 1. The van der Waals surface area contributed by atoms with Crippen LogP contribution in [0.15, 0.2) is 18.7 Å². The van der Waals surface area contributed by atoms with E-state index in [4.69, 9.17) is 9.84 Å². The van der Waals surface area contributed by atoms with Crippen LogP contribution in [-0.4, -0.2) is 58.0 Å². The van der Waals surface area contributed by atoms with Gasteiger partial charge in [-0.05, 0) is 0 Å². The molecule has 1 amide bonds. The van der Waals surface area contributed by atoms with Crippen molar-refractivity contribution in [1.29, 1.82) is 0 Å². The number of imidazole rings is 1. The lowest BCUT2D eigenvalue weighted by Gasteiger charge is -2.31. The normalized spacial score (nSPS) is 21.7. The molecule has 1 N–H and O–H groups in total. The first-order valence-corrected chi connectivity index (χ1v) is 4.81. The molecule has 6 heteroatoms. The molecule has 0 radical (unpaired) electrons. The highest BCUT2D eigenvalue weighted by Gasteiger charge is 2.24. The van der Waals surface area contributed by atoms with Gasteiger partial charge in [0.1, 0.15) is 6.33 Å². The third-order valence-electron chi connectivity index (χ3n) is 2.34. The average molecular weight is 211 g/mol. The number of nitrogens with zero attached hydrogens (tertiary/aromatic N) is 3. The zero-order chi connectivity index (χ0) is 10.7. The van der Waals surface area contributed by atoms with Crippen molar-refractivity contribution < 1.29 is 14.6 Å². The number of carbonyl (C=O) groups is 1. The molecule has 0 saturated carbocycles. The van der Waals surface area contributed by atoms with Crippen molar-refractivity contribution in [3.63, 3.8) is 0 Å². The molecule has 0 bridgehead atoms. The Hall–Kier alpha value is -1.40. The highest BCUT2D eigenvalue weighted by atomic mass is 16.5. The SMILES string of the molecule is O=C(N1CCOC(CO)C1)n1ccnc1. The minimum absolute atomic E-state index is 0.0618. The van der Waals surface area contributed by atoms with Crippen molar-refractivity contribution in [2.75, 3.05) is 26.3 Å². The lowest BCUT2D eigenvalue weighted by molar-refractivity contribution is -0.0401. The molecule has 1 saturated heterocycles. The standard InChI is InChI=1S/C9H13N3O3/c13-6-8-5-11(3-4-15-8)9(14)12-2-1-10-7-12/h1-2,7-8,13H,3-6H2. The Morgan fingerprint density at radius 3 is 3.20 bits per heavy atom. The predicted octanol–water partition coefficient (Wildman–Crippen LogP) is -0.456. The first-order chi connectivity index (χ1) is 7.31. The zero-order valence-electron chi connectivity index (χ0n) is 8.24. The molecule has 1 aromatic heterocycles. The molecule has 0 aromatic carbocycles. The Balaban J connectivity index is 2.01. The second-order valence-corrected chi connectivity index (χ2v) is 3.37. The maximum absolute atomic E-state index is 11.8. The predicted molar refractivity (Wildman–Crippen MR) is 51.4 cm³/mol. The minimum Gasteiger partial charge on any atom is -0.394 e. The Bertz CT molecular complexity index is 325. The molecule has 2 heterocycles. The average Bonchev–Trinajstić information content (AvgIpc) is 2.81. The molecule has 1 fully saturated rings. The second kappa shape index (κ2) is 4.41. The summed E-state index contributed by atoms with van der Waals surface area (Å²) in [6.45, 7) is 1.38. The molecule has 2 rings (SSSR count). The van der Waals surface area contributed by atoms with Crippen LogP contribution >= 0.6 is 0 Å². The van der Waals surface area contributed by atoms with Gasteiger partial charge in [-0.1, -0.05) is 0 Å². The van der Waals surface area contributed by atoms with E-state index in [0.717, 1.165) is 0 Å². The topological polar surface area (TPSA) is 67.6 Å². The number of morpholine rings is 1. The number of hydrogen-bond acceptors (Lipinski definition) is 4. The summed E-state index contributed by atoms with van der Waals surface area (Å²) in [6, 6.07) is -0.130. The van der Waals surface area contributed by atoms with Gasteiger partial charge < -0.3 is 14.7 Å². The fraction of sp³-hybridized carbons (Fsp3) is 0.556. The minimum atomic E-state index is -0.272. The molecule has 6 nitrogen and oxygen atoms in total. The van der Waals surface area contributed by atoms with E-state index in [1.54, 1.807) is 17.3 Å². The van der Waals surface area contributed by atoms with Crippen molar-refractivity contribution in [3.8, 4) is 0 Å². The van der Waals surface area contributed by atoms with Crippen LogP contribution in [0.2, 0.25) is 0 Å². The van der Waals surface area contributed by atoms with Crippen molar-refractivity contribution in [1.82, 2.24) is 14.5 Å². The number of amides is 1. The summed E-state index contributed by atoms with van der Waals surface area (Å²) in [7, 11) is 0. The van der Waals surface area contributed by atoms with Gasteiger partial charge in [0.25, 0.3) is 0 Å². The summed E-state index contributed by atoms with van der Waals surface area (Å²) in [4.78, 5) is 17.3. The van der Waals surface area contributed by atoms with E-state index in [9.17, 15) is 4.79 Å². The molecule has 15 heavy (non-hydrogen) atoms. The molecular weight excluding hydrogens is 198 g/mol. The van der Waals surface area contributed by atoms with Crippen LogP contribution < -0.4 is 0 Å². The summed E-state index contributed by atoms with van der Waals surface area (Å²) in [5.74, 6) is 0. The van der Waals surface area contributed by atoms with Gasteiger partial charge in [-0.25, -0.2) is 9.78 Å². The van der Waals surface area contributed by atoms with E-state index in [1.165, 1.54) is 10.9 Å². The van der Waals surface area contributed by atoms with Gasteiger partial charge in [-0.3, -0.25) is 4.57 Å². The summed E-state index contributed by atoms with van der Waals surface area (Å²) < 4.78 is 6.67. The fourth-order valence-corrected chi connectivity index (χ4v) is 1.54. The molecular formula is C9H13N3O3. The molecule has 82 valence electrons. The largest absolute Gasteiger partial charge is 0.394 e. The summed E-state index contributed by atoms with van der Waals surface area (Å²) >= 11 is 0. The third-order valence-corrected chi connectivity index (χ3v) is 2.34. The van der Waals surface area contributed by atoms with Gasteiger partial charge in [-0.2, -0.15) is 0 Å². The van der Waals surface area contributed by atoms with E-state index in [2.05, 4.69) is 4.98 Å². The molecule has 1 atom stereocenters. The van der Waals surface area contributed by atoms with Gasteiger partial charge in [0.15, 0.2) is 0 Å². The first kappa shape index (κ1) is 10.1. The van der Waals surface area contributed by atoms with Crippen LogP contribution in [-0.2, 0) is 4.74 Å². The molecule has 0 spiro atoms. The van der Waals surface area contributed by atoms with Gasteiger partial charge in [0.05, 0.1) is 25.9 Å². The third kappa shape index (κ3) is 2.16. The van der Waals surface area contributed by atoms with Crippen molar-refractivity contribution in [3.05, 3.63) is 18.7 Å². The number of aliphatic hydroxyl groups excluding tert-OH is 1. The van der Waals surface area contributed by atoms with E-state index >= 15 is 0 Å². The number of rotatable bonds is 1.